The van der Waals surface area contributed by atoms with Crippen molar-refractivity contribution in [2.45, 2.75) is 6.61 Å². The van der Waals surface area contributed by atoms with Gasteiger partial charge in [0.15, 0.2) is 0 Å². The first-order valence-corrected chi connectivity index (χ1v) is 6.36. The number of rotatable bonds is 3. The summed E-state index contributed by atoms with van der Waals surface area (Å²) in [6, 6.07) is 13.9. The van der Waals surface area contributed by atoms with Crippen LogP contribution in [0.5, 0.6) is 5.75 Å². The van der Waals surface area contributed by atoms with E-state index < -0.39 is 0 Å². The Hall–Kier alpha value is -2.49. The summed E-state index contributed by atoms with van der Waals surface area (Å²) in [5, 5.41) is 1.01. The van der Waals surface area contributed by atoms with E-state index in [0.717, 1.165) is 22.3 Å². The number of nitrogens with zero attached hydrogens (tertiary/aromatic N) is 1. The smallest absolute Gasteiger partial charge is 0.128 e. The molecule has 1 heterocycles. The maximum absolute atomic E-state index is 13.1. The number of hydrogen-bond donors (Lipinski definition) is 1. The molecule has 0 aliphatic heterocycles. The third-order valence-corrected chi connectivity index (χ3v) is 3.40. The van der Waals surface area contributed by atoms with Crippen molar-refractivity contribution in [2.24, 2.45) is 7.05 Å². The first-order chi connectivity index (χ1) is 9.65. The van der Waals surface area contributed by atoms with Crippen LogP contribution in [0.15, 0.2) is 48.5 Å². The van der Waals surface area contributed by atoms with Crippen LogP contribution in [0.25, 0.3) is 10.9 Å². The van der Waals surface area contributed by atoms with Crippen LogP contribution in [0, 0.1) is 5.82 Å². The Balaban J connectivity index is 1.88. The Bertz CT molecular complexity index is 764. The topological polar surface area (TPSA) is 40.2 Å². The zero-order valence-electron chi connectivity index (χ0n) is 11.1. The Morgan fingerprint density at radius 1 is 1.15 bits per heavy atom. The van der Waals surface area contributed by atoms with Crippen molar-refractivity contribution in [1.82, 2.24) is 4.57 Å². The number of nitrogen functional groups attached to an aromatic ring is 1. The fourth-order valence-corrected chi connectivity index (χ4v) is 2.29. The van der Waals surface area contributed by atoms with Crippen LogP contribution in [0.2, 0.25) is 0 Å². The highest BCUT2D eigenvalue weighted by atomic mass is 19.1. The largest absolute Gasteiger partial charge is 0.487 e. The molecule has 1 aromatic heterocycles. The normalized spacial score (nSPS) is 10.9. The molecule has 3 aromatic rings. The number of anilines is 1. The van der Waals surface area contributed by atoms with Crippen molar-refractivity contribution >= 4 is 16.6 Å². The van der Waals surface area contributed by atoms with Crippen molar-refractivity contribution in [3.8, 4) is 5.75 Å². The number of aryl methyl sites for hydroxylation is 1. The van der Waals surface area contributed by atoms with Gasteiger partial charge in [0.1, 0.15) is 18.2 Å². The Morgan fingerprint density at radius 2 is 1.95 bits per heavy atom. The molecule has 0 aliphatic rings. The molecule has 2 aromatic carbocycles. The molecule has 3 rings (SSSR count). The summed E-state index contributed by atoms with van der Waals surface area (Å²) in [5.74, 6) is 0.215. The molecule has 0 unspecified atom stereocenters. The molecule has 3 nitrogen and oxygen atoms in total. The van der Waals surface area contributed by atoms with Crippen LogP contribution in [-0.2, 0) is 13.7 Å². The minimum absolute atomic E-state index is 0.302. The first kappa shape index (κ1) is 12.5. The van der Waals surface area contributed by atoms with Gasteiger partial charge < -0.3 is 15.0 Å². The van der Waals surface area contributed by atoms with Gasteiger partial charge in [0.05, 0.1) is 11.2 Å². The second-order valence-electron chi connectivity index (χ2n) is 4.72. The lowest BCUT2D eigenvalue weighted by molar-refractivity contribution is 0.296. The summed E-state index contributed by atoms with van der Waals surface area (Å²) < 4.78 is 20.7. The Kier molecular flexibility index (Phi) is 3.06. The van der Waals surface area contributed by atoms with E-state index in [-0.39, 0.29) is 5.82 Å². The summed E-state index contributed by atoms with van der Waals surface area (Å²) >= 11 is 0. The number of fused-ring (bicyclic) bond motifs is 1. The van der Waals surface area contributed by atoms with Crippen LogP contribution < -0.4 is 10.5 Å². The minimum Gasteiger partial charge on any atom is -0.487 e. The summed E-state index contributed by atoms with van der Waals surface area (Å²) in [5.41, 5.74) is 8.75. The molecule has 0 saturated carbocycles. The second-order valence-corrected chi connectivity index (χ2v) is 4.72. The minimum atomic E-state index is -0.302. The van der Waals surface area contributed by atoms with Gasteiger partial charge in [0.25, 0.3) is 0 Å². The van der Waals surface area contributed by atoms with Crippen molar-refractivity contribution in [1.29, 1.82) is 0 Å². The van der Waals surface area contributed by atoms with Crippen LogP contribution in [-0.4, -0.2) is 4.57 Å². The molecule has 0 radical (unpaired) electrons. The molecular weight excluding hydrogens is 255 g/mol. The maximum Gasteiger partial charge on any atom is 0.128 e. The van der Waals surface area contributed by atoms with Crippen molar-refractivity contribution in [3.05, 3.63) is 60.0 Å². The second kappa shape index (κ2) is 4.89. The van der Waals surface area contributed by atoms with Gasteiger partial charge in [-0.1, -0.05) is 12.1 Å². The summed E-state index contributed by atoms with van der Waals surface area (Å²) in [6.45, 7) is 0.369. The third-order valence-electron chi connectivity index (χ3n) is 3.40. The van der Waals surface area contributed by atoms with Gasteiger partial charge in [-0.2, -0.15) is 0 Å². The molecule has 0 atom stereocenters. The lowest BCUT2D eigenvalue weighted by Crippen LogP contribution is -2.01. The van der Waals surface area contributed by atoms with Crippen LogP contribution in [0.1, 0.15) is 5.69 Å². The van der Waals surface area contributed by atoms with E-state index >= 15 is 0 Å². The molecule has 4 heteroatoms. The van der Waals surface area contributed by atoms with Gasteiger partial charge in [0.2, 0.25) is 0 Å². The fraction of sp³-hybridized carbons (Fsp3) is 0.125. The number of halogens is 1. The fourth-order valence-electron chi connectivity index (χ4n) is 2.29. The van der Waals surface area contributed by atoms with Gasteiger partial charge in [-0.15, -0.1) is 0 Å². The number of hydrogen-bond acceptors (Lipinski definition) is 2. The van der Waals surface area contributed by atoms with E-state index in [1.165, 1.54) is 12.1 Å². The van der Waals surface area contributed by atoms with E-state index in [4.69, 9.17) is 10.5 Å². The van der Waals surface area contributed by atoms with E-state index in [2.05, 4.69) is 0 Å². The predicted octanol–water partition coefficient (Wildman–Crippen LogP) is 3.48. The lowest BCUT2D eigenvalue weighted by Gasteiger charge is -2.07. The van der Waals surface area contributed by atoms with E-state index in [0.29, 0.717) is 12.4 Å². The van der Waals surface area contributed by atoms with Crippen molar-refractivity contribution < 1.29 is 9.13 Å². The number of nitrogens with two attached hydrogens (primary N) is 1. The highest BCUT2D eigenvalue weighted by Gasteiger charge is 2.08. The molecule has 102 valence electrons. The lowest BCUT2D eigenvalue weighted by atomic mass is 10.2. The number of aromatic nitrogens is 1. The van der Waals surface area contributed by atoms with E-state index in [1.807, 2.05) is 35.9 Å². The predicted molar refractivity (Wildman–Crippen MR) is 78.1 cm³/mol. The monoisotopic (exact) mass is 270 g/mol. The van der Waals surface area contributed by atoms with Gasteiger partial charge >= 0.3 is 0 Å². The molecule has 0 amide bonds. The Morgan fingerprint density at radius 3 is 2.70 bits per heavy atom. The summed E-state index contributed by atoms with van der Waals surface area (Å²) in [7, 11) is 1.96. The molecule has 0 aliphatic carbocycles. The SMILES string of the molecule is Cn1c(COc2cccc(F)c2)cc2c(N)cccc21. The van der Waals surface area contributed by atoms with Gasteiger partial charge in [-0.25, -0.2) is 4.39 Å². The maximum atomic E-state index is 13.1. The Labute approximate surface area is 116 Å². The number of benzene rings is 2. The van der Waals surface area contributed by atoms with Crippen molar-refractivity contribution in [2.75, 3.05) is 5.73 Å². The average Bonchev–Trinajstić information content (AvgIpc) is 2.75. The molecule has 0 bridgehead atoms. The van der Waals surface area contributed by atoms with E-state index in [9.17, 15) is 4.39 Å². The molecular formula is C16H15FN2O. The molecule has 0 saturated heterocycles. The zero-order valence-corrected chi connectivity index (χ0v) is 11.1. The van der Waals surface area contributed by atoms with Gasteiger partial charge in [0, 0.05) is 24.2 Å². The van der Waals surface area contributed by atoms with Crippen LogP contribution in [0.3, 0.4) is 0 Å². The summed E-state index contributed by atoms with van der Waals surface area (Å²) in [4.78, 5) is 0. The average molecular weight is 270 g/mol. The molecule has 0 fully saturated rings. The standard InChI is InChI=1S/C16H15FN2O/c1-19-12(9-14-15(18)6-3-7-16(14)19)10-20-13-5-2-4-11(17)8-13/h2-9H,10,18H2,1H3. The molecule has 20 heavy (non-hydrogen) atoms. The summed E-state index contributed by atoms with van der Waals surface area (Å²) in [6.07, 6.45) is 0. The van der Waals surface area contributed by atoms with Crippen molar-refractivity contribution in [3.63, 3.8) is 0 Å². The highest BCUT2D eigenvalue weighted by Crippen LogP contribution is 2.25. The van der Waals surface area contributed by atoms with Crippen LogP contribution >= 0.6 is 0 Å². The third kappa shape index (κ3) is 2.20. The highest BCUT2D eigenvalue weighted by molar-refractivity contribution is 5.92. The first-order valence-electron chi connectivity index (χ1n) is 6.36. The molecule has 2 N–H and O–H groups in total. The van der Waals surface area contributed by atoms with Gasteiger partial charge in [-0.3, -0.25) is 0 Å². The van der Waals surface area contributed by atoms with Gasteiger partial charge in [-0.05, 0) is 30.3 Å². The molecule has 0 spiro atoms. The quantitative estimate of drug-likeness (QED) is 0.740. The van der Waals surface area contributed by atoms with Crippen LogP contribution in [0.4, 0.5) is 10.1 Å². The zero-order chi connectivity index (χ0) is 14.1. The van der Waals surface area contributed by atoms with E-state index in [1.54, 1.807) is 12.1 Å². The number of ether oxygens (including phenoxy) is 1.